The molecule has 0 saturated carbocycles. The zero-order valence-electron chi connectivity index (χ0n) is 10.1. The molecule has 3 nitrogen and oxygen atoms in total. The van der Waals surface area contributed by atoms with Gasteiger partial charge in [0.25, 0.3) is 5.91 Å². The van der Waals surface area contributed by atoms with E-state index in [0.29, 0.717) is 5.56 Å². The van der Waals surface area contributed by atoms with E-state index in [2.05, 4.69) is 32.9 Å². The second-order valence-electron chi connectivity index (χ2n) is 4.00. The van der Waals surface area contributed by atoms with Crippen molar-refractivity contribution in [3.05, 3.63) is 49.5 Å². The number of halogens is 1. The smallest absolute Gasteiger partial charge is 0.252 e. The number of rotatable bonds is 3. The summed E-state index contributed by atoms with van der Waals surface area (Å²) in [6.45, 7) is 3.90. The van der Waals surface area contributed by atoms with Gasteiger partial charge in [-0.1, -0.05) is 12.1 Å². The van der Waals surface area contributed by atoms with Crippen molar-refractivity contribution in [1.29, 1.82) is 0 Å². The standard InChI is InChI=1S/C13H13IN2OS/c1-8-7-18-13(15-8)9(2)16-12(17)10-5-3-4-6-11(10)14/h3-7,9H,1-2H3,(H,16,17). The summed E-state index contributed by atoms with van der Waals surface area (Å²) in [6, 6.07) is 7.48. The number of amides is 1. The van der Waals surface area contributed by atoms with Crippen LogP contribution in [-0.4, -0.2) is 10.9 Å². The van der Waals surface area contributed by atoms with Gasteiger partial charge in [-0.05, 0) is 48.6 Å². The zero-order chi connectivity index (χ0) is 13.1. The molecule has 18 heavy (non-hydrogen) atoms. The average molecular weight is 372 g/mol. The van der Waals surface area contributed by atoms with Gasteiger partial charge in [0.1, 0.15) is 5.01 Å². The molecule has 1 heterocycles. The normalized spacial score (nSPS) is 12.2. The molecule has 0 radical (unpaired) electrons. The van der Waals surface area contributed by atoms with Crippen LogP contribution in [0.4, 0.5) is 0 Å². The maximum absolute atomic E-state index is 12.1. The van der Waals surface area contributed by atoms with Gasteiger partial charge in [0.05, 0.1) is 11.6 Å². The first-order chi connectivity index (χ1) is 8.58. The van der Waals surface area contributed by atoms with Crippen molar-refractivity contribution in [2.45, 2.75) is 19.9 Å². The molecule has 5 heteroatoms. The largest absolute Gasteiger partial charge is 0.343 e. The van der Waals surface area contributed by atoms with Crippen molar-refractivity contribution in [3.63, 3.8) is 0 Å². The van der Waals surface area contributed by atoms with E-state index in [1.165, 1.54) is 0 Å². The van der Waals surface area contributed by atoms with E-state index >= 15 is 0 Å². The number of aromatic nitrogens is 1. The number of benzene rings is 1. The number of carbonyl (C=O) groups is 1. The topological polar surface area (TPSA) is 42.0 Å². The van der Waals surface area contributed by atoms with E-state index < -0.39 is 0 Å². The van der Waals surface area contributed by atoms with Crippen LogP contribution < -0.4 is 5.32 Å². The highest BCUT2D eigenvalue weighted by atomic mass is 127. The van der Waals surface area contributed by atoms with Crippen LogP contribution in [0.25, 0.3) is 0 Å². The number of hydrogen-bond donors (Lipinski definition) is 1. The molecule has 0 spiro atoms. The minimum Gasteiger partial charge on any atom is -0.343 e. The number of aryl methyl sites for hydroxylation is 1. The lowest BCUT2D eigenvalue weighted by Crippen LogP contribution is -2.27. The molecule has 0 aliphatic carbocycles. The Kier molecular flexibility index (Phi) is 4.34. The summed E-state index contributed by atoms with van der Waals surface area (Å²) in [7, 11) is 0. The van der Waals surface area contributed by atoms with Gasteiger partial charge in [0.2, 0.25) is 0 Å². The summed E-state index contributed by atoms with van der Waals surface area (Å²) < 4.78 is 0.954. The van der Waals surface area contributed by atoms with Gasteiger partial charge >= 0.3 is 0 Å². The average Bonchev–Trinajstić information content (AvgIpc) is 2.76. The minimum absolute atomic E-state index is 0.0552. The molecule has 1 aromatic heterocycles. The third kappa shape index (κ3) is 3.08. The molecule has 1 amide bonds. The lowest BCUT2D eigenvalue weighted by atomic mass is 10.2. The van der Waals surface area contributed by atoms with Crippen LogP contribution in [0.5, 0.6) is 0 Å². The van der Waals surface area contributed by atoms with E-state index in [9.17, 15) is 4.79 Å². The van der Waals surface area contributed by atoms with Crippen molar-refractivity contribution >= 4 is 39.8 Å². The maximum atomic E-state index is 12.1. The molecule has 0 saturated heterocycles. The highest BCUT2D eigenvalue weighted by Gasteiger charge is 2.15. The second kappa shape index (κ2) is 5.79. The predicted octanol–water partition coefficient (Wildman–Crippen LogP) is 3.55. The van der Waals surface area contributed by atoms with Gasteiger partial charge in [-0.15, -0.1) is 11.3 Å². The van der Waals surface area contributed by atoms with Crippen molar-refractivity contribution in [2.75, 3.05) is 0 Å². The highest BCUT2D eigenvalue weighted by molar-refractivity contribution is 14.1. The molecule has 0 aliphatic heterocycles. The molecule has 2 rings (SSSR count). The third-order valence-electron chi connectivity index (χ3n) is 2.47. The molecule has 0 aliphatic rings. The monoisotopic (exact) mass is 372 g/mol. The number of nitrogens with one attached hydrogen (secondary N) is 1. The number of hydrogen-bond acceptors (Lipinski definition) is 3. The van der Waals surface area contributed by atoms with Gasteiger partial charge in [-0.3, -0.25) is 4.79 Å². The fraction of sp³-hybridized carbons (Fsp3) is 0.231. The summed E-state index contributed by atoms with van der Waals surface area (Å²) in [6.07, 6.45) is 0. The Morgan fingerprint density at radius 2 is 2.17 bits per heavy atom. The van der Waals surface area contributed by atoms with Crippen LogP contribution in [0.3, 0.4) is 0 Å². The van der Waals surface area contributed by atoms with E-state index in [1.54, 1.807) is 11.3 Å². The Morgan fingerprint density at radius 3 is 2.78 bits per heavy atom. The van der Waals surface area contributed by atoms with Crippen molar-refractivity contribution < 1.29 is 4.79 Å². The van der Waals surface area contributed by atoms with Crippen LogP contribution in [-0.2, 0) is 0 Å². The predicted molar refractivity (Wildman–Crippen MR) is 81.9 cm³/mol. The molecule has 1 aromatic carbocycles. The zero-order valence-corrected chi connectivity index (χ0v) is 13.1. The molecule has 2 aromatic rings. The summed E-state index contributed by atoms with van der Waals surface area (Å²) >= 11 is 3.74. The van der Waals surface area contributed by atoms with E-state index in [0.717, 1.165) is 14.3 Å². The van der Waals surface area contributed by atoms with Gasteiger partial charge < -0.3 is 5.32 Å². The third-order valence-corrected chi connectivity index (χ3v) is 4.56. The van der Waals surface area contributed by atoms with Crippen molar-refractivity contribution in [3.8, 4) is 0 Å². The summed E-state index contributed by atoms with van der Waals surface area (Å²) in [5.74, 6) is -0.0552. The van der Waals surface area contributed by atoms with Crippen LogP contribution >= 0.6 is 33.9 Å². The summed E-state index contributed by atoms with van der Waals surface area (Å²) in [5, 5.41) is 5.90. The highest BCUT2D eigenvalue weighted by Crippen LogP contribution is 2.19. The molecule has 0 bridgehead atoms. The first-order valence-corrected chi connectivity index (χ1v) is 7.51. The van der Waals surface area contributed by atoms with E-state index in [4.69, 9.17) is 0 Å². The summed E-state index contributed by atoms with van der Waals surface area (Å²) in [5.41, 5.74) is 1.70. The lowest BCUT2D eigenvalue weighted by Gasteiger charge is -2.12. The van der Waals surface area contributed by atoms with Crippen LogP contribution in [0.1, 0.15) is 34.0 Å². The van der Waals surface area contributed by atoms with Gasteiger partial charge in [-0.2, -0.15) is 0 Å². The molecule has 1 N–H and O–H groups in total. The first-order valence-electron chi connectivity index (χ1n) is 5.55. The molecule has 1 unspecified atom stereocenters. The Morgan fingerprint density at radius 1 is 1.44 bits per heavy atom. The van der Waals surface area contributed by atoms with E-state index in [1.807, 2.05) is 43.5 Å². The van der Waals surface area contributed by atoms with Crippen molar-refractivity contribution in [1.82, 2.24) is 10.3 Å². The van der Waals surface area contributed by atoms with E-state index in [-0.39, 0.29) is 11.9 Å². The molecular weight excluding hydrogens is 359 g/mol. The number of carbonyl (C=O) groups excluding carboxylic acids is 1. The molecular formula is C13H13IN2OS. The number of nitrogens with zero attached hydrogens (tertiary/aromatic N) is 1. The first kappa shape index (κ1) is 13.5. The van der Waals surface area contributed by atoms with Crippen LogP contribution in [0.15, 0.2) is 29.6 Å². The van der Waals surface area contributed by atoms with Crippen LogP contribution in [0.2, 0.25) is 0 Å². The SMILES string of the molecule is Cc1csc(C(C)NC(=O)c2ccccc2I)n1. The molecule has 1 atom stereocenters. The molecule has 94 valence electrons. The van der Waals surface area contributed by atoms with Crippen LogP contribution in [0, 0.1) is 10.5 Å². The van der Waals surface area contributed by atoms with Gasteiger partial charge in [-0.25, -0.2) is 4.98 Å². The summed E-state index contributed by atoms with van der Waals surface area (Å²) in [4.78, 5) is 16.5. The second-order valence-corrected chi connectivity index (χ2v) is 6.05. The fourth-order valence-electron chi connectivity index (χ4n) is 1.55. The van der Waals surface area contributed by atoms with Gasteiger partial charge in [0, 0.05) is 14.6 Å². The fourth-order valence-corrected chi connectivity index (χ4v) is 2.99. The maximum Gasteiger partial charge on any atom is 0.252 e. The Hall–Kier alpha value is -0.950. The Labute approximate surface area is 124 Å². The minimum atomic E-state index is -0.0628. The van der Waals surface area contributed by atoms with Crippen molar-refractivity contribution in [2.24, 2.45) is 0 Å². The lowest BCUT2D eigenvalue weighted by molar-refractivity contribution is 0.0939. The Balaban J connectivity index is 2.10. The quantitative estimate of drug-likeness (QED) is 0.838. The Bertz CT molecular complexity index is 568. The number of thiazole rings is 1. The molecule has 0 fully saturated rings. The van der Waals surface area contributed by atoms with Gasteiger partial charge in [0.15, 0.2) is 0 Å².